The van der Waals surface area contributed by atoms with Crippen LogP contribution in [0.5, 0.6) is 11.5 Å². The average Bonchev–Trinajstić information content (AvgIpc) is 3.64. The first-order valence-corrected chi connectivity index (χ1v) is 24.4. The molecule has 0 bridgehead atoms. The molecule has 0 radical (unpaired) electrons. The number of H-pyrrole nitrogens is 1. The zero-order valence-corrected chi connectivity index (χ0v) is 38.0. The number of benzene rings is 3. The highest BCUT2D eigenvalue weighted by Gasteiger charge is 2.61. The van der Waals surface area contributed by atoms with E-state index in [4.69, 9.17) is 19.4 Å². The summed E-state index contributed by atoms with van der Waals surface area (Å²) in [6.45, 7) is 7.16. The minimum Gasteiger partial charge on any atom is -0.497 e. The maximum absolute atomic E-state index is 15.0. The highest BCUT2D eigenvalue weighted by Crippen LogP contribution is 2.46. The van der Waals surface area contributed by atoms with Crippen LogP contribution >= 0.6 is 11.3 Å². The third-order valence-corrected chi connectivity index (χ3v) is 14.6. The van der Waals surface area contributed by atoms with Crippen LogP contribution < -0.4 is 30.1 Å². The molecule has 2 fully saturated rings. The molecule has 2 amide bonds. The minimum absolute atomic E-state index is 0.0192. The number of rotatable bonds is 10. The lowest BCUT2D eigenvalue weighted by Gasteiger charge is -2.30. The number of amides is 2. The number of likely N-dealkylation sites (tertiary alicyclic amines) is 1. The molecule has 5 N–H and O–H groups in total. The van der Waals surface area contributed by atoms with Crippen molar-refractivity contribution < 1.29 is 27.5 Å². The smallest absolute Gasteiger partial charge is 0.266 e. The molecule has 0 spiro atoms. The van der Waals surface area contributed by atoms with Gasteiger partial charge in [0.2, 0.25) is 5.91 Å². The van der Waals surface area contributed by atoms with Gasteiger partial charge in [-0.1, -0.05) is 48.9 Å². The van der Waals surface area contributed by atoms with Crippen molar-refractivity contribution in [2.24, 2.45) is 5.92 Å². The highest BCUT2D eigenvalue weighted by molar-refractivity contribution is 7.90. The molecular formula is C48H54N8O6S2. The Morgan fingerprint density at radius 3 is 2.64 bits per heavy atom. The van der Waals surface area contributed by atoms with E-state index >= 15 is 0 Å². The summed E-state index contributed by atoms with van der Waals surface area (Å²) in [5.74, 6) is -0.293. The highest BCUT2D eigenvalue weighted by atomic mass is 32.2. The lowest BCUT2D eigenvalue weighted by Crippen LogP contribution is -2.56. The van der Waals surface area contributed by atoms with Gasteiger partial charge in [0.15, 0.2) is 5.13 Å². The molecule has 1 unspecified atom stereocenters. The number of pyridine rings is 1. The number of thiazole rings is 1. The van der Waals surface area contributed by atoms with Gasteiger partial charge < -0.3 is 30.4 Å². The monoisotopic (exact) mass is 902 g/mol. The molecule has 1 saturated carbocycles. The average molecular weight is 903 g/mol. The van der Waals surface area contributed by atoms with Crippen molar-refractivity contribution in [2.75, 3.05) is 30.8 Å². The van der Waals surface area contributed by atoms with Gasteiger partial charge >= 0.3 is 0 Å². The molecule has 16 heteroatoms. The molecule has 5 atom stereocenters. The summed E-state index contributed by atoms with van der Waals surface area (Å²) in [6.07, 6.45) is 7.67. The van der Waals surface area contributed by atoms with E-state index in [0.29, 0.717) is 53.6 Å². The lowest BCUT2D eigenvalue weighted by molar-refractivity contribution is -0.132. The van der Waals surface area contributed by atoms with Crippen LogP contribution in [-0.4, -0.2) is 84.0 Å². The van der Waals surface area contributed by atoms with Gasteiger partial charge in [-0.25, -0.2) is 23.1 Å². The number of carbonyl (C=O) groups excluding carboxylic acids is 2. The van der Waals surface area contributed by atoms with Gasteiger partial charge in [0.05, 0.1) is 30.0 Å². The number of anilines is 2. The number of fused-ring (bicyclic) bond motifs is 4. The van der Waals surface area contributed by atoms with Gasteiger partial charge in [-0.15, -0.1) is 11.3 Å². The molecule has 1 saturated heterocycles. The molecule has 3 aromatic carbocycles. The van der Waals surface area contributed by atoms with Crippen LogP contribution in [-0.2, 0) is 19.6 Å². The van der Waals surface area contributed by atoms with Gasteiger partial charge in [0.1, 0.15) is 33.7 Å². The van der Waals surface area contributed by atoms with Gasteiger partial charge in [-0.3, -0.25) is 14.5 Å². The van der Waals surface area contributed by atoms with Crippen molar-refractivity contribution in [1.82, 2.24) is 29.9 Å². The van der Waals surface area contributed by atoms with Crippen LogP contribution in [0.25, 0.3) is 33.2 Å². The van der Waals surface area contributed by atoms with Crippen LogP contribution in [0.15, 0.2) is 101 Å². The van der Waals surface area contributed by atoms with E-state index in [9.17, 15) is 18.0 Å². The van der Waals surface area contributed by atoms with Crippen LogP contribution in [0.2, 0.25) is 0 Å². The number of methoxy groups -OCH3 is 1. The van der Waals surface area contributed by atoms with Crippen molar-refractivity contribution in [3.8, 4) is 22.9 Å². The Labute approximate surface area is 377 Å². The Balaban J connectivity index is 1.04. The molecule has 334 valence electrons. The van der Waals surface area contributed by atoms with E-state index in [1.807, 2.05) is 66.1 Å². The Morgan fingerprint density at radius 2 is 1.81 bits per heavy atom. The zero-order valence-electron chi connectivity index (χ0n) is 36.4. The van der Waals surface area contributed by atoms with Crippen molar-refractivity contribution in [2.45, 2.75) is 94.0 Å². The van der Waals surface area contributed by atoms with E-state index in [0.717, 1.165) is 52.8 Å². The largest absolute Gasteiger partial charge is 0.497 e. The molecule has 3 aromatic heterocycles. The minimum atomic E-state index is -4.31. The number of sulfonamides is 1. The standard InChI is InChI=1S/C48H54N8O6S2/c1-29(2)50-47-53-41(28-63-47)40-25-43(35-20-19-33(61-4)23-39(35)52-40)62-34-24-42(56(27-34)30(3)38-22-31-14-9-10-16-36(31)51-38)45(57)54-48-26-32(48)15-8-6-5-7-13-21-49-37-17-11-12-18-44(37)64(59,60)55-46(48)58/h8-12,14-20,22-23,25,28-30,32,34,42,49,51H,5-7,13,21,24,26-27H2,1-4H3,(H,50,53)(H,54,57)(H,55,58)/b15-8-/t30?,32-,34+,42-,48+/m0/s1. The molecule has 14 nitrogen and oxygen atoms in total. The maximum Gasteiger partial charge on any atom is 0.266 e. The van der Waals surface area contributed by atoms with Crippen LogP contribution in [0.3, 0.4) is 0 Å². The first-order chi connectivity index (χ1) is 30.9. The summed E-state index contributed by atoms with van der Waals surface area (Å²) in [7, 11) is -2.69. The Kier molecular flexibility index (Phi) is 12.1. The van der Waals surface area contributed by atoms with Crippen molar-refractivity contribution in [3.63, 3.8) is 0 Å². The van der Waals surface area contributed by atoms with Crippen LogP contribution in [0, 0.1) is 5.92 Å². The number of para-hydroxylation sites is 2. The number of carbonyl (C=O) groups is 2. The van der Waals surface area contributed by atoms with Crippen LogP contribution in [0.1, 0.15) is 71.0 Å². The first kappa shape index (κ1) is 43.3. The number of ether oxygens (including phenoxy) is 2. The summed E-state index contributed by atoms with van der Waals surface area (Å²) >= 11 is 1.50. The molecule has 64 heavy (non-hydrogen) atoms. The van der Waals surface area contributed by atoms with E-state index < -0.39 is 39.5 Å². The number of allylic oxidation sites excluding steroid dienone is 1. The second kappa shape index (κ2) is 17.9. The predicted octanol–water partition coefficient (Wildman–Crippen LogP) is 8.17. The SMILES string of the molecule is COc1ccc2c(O[C@@H]3C[C@@H](C(=O)N[C@]45C[C@@H]4/C=C\CCCCCNc4ccccc4S(=O)(=O)NC5=O)N(C(C)c4cc5ccccc5[nH]4)C3)cc(-c3csc(NC(C)C)n3)nc2c1. The first-order valence-electron chi connectivity index (χ1n) is 22.0. The number of hydrogen-bond acceptors (Lipinski definition) is 12. The van der Waals surface area contributed by atoms with E-state index in [2.05, 4.69) is 57.4 Å². The fraction of sp³-hybridized carbons (Fsp3) is 0.375. The summed E-state index contributed by atoms with van der Waals surface area (Å²) in [6, 6.07) is 23.5. The Morgan fingerprint density at radius 1 is 0.984 bits per heavy atom. The summed E-state index contributed by atoms with van der Waals surface area (Å²) < 4.78 is 42.7. The summed E-state index contributed by atoms with van der Waals surface area (Å²) in [5.41, 5.74) is 2.87. The van der Waals surface area contributed by atoms with Gasteiger partial charge in [-0.05, 0) is 88.2 Å². The third-order valence-electron chi connectivity index (χ3n) is 12.5. The predicted molar refractivity (Wildman–Crippen MR) is 251 cm³/mol. The Hall–Kier alpha value is -5.97. The molecular weight excluding hydrogens is 849 g/mol. The van der Waals surface area contributed by atoms with Gasteiger partial charge in [0.25, 0.3) is 15.9 Å². The normalized spacial score (nSPS) is 23.5. The van der Waals surface area contributed by atoms with E-state index in [1.54, 1.807) is 25.3 Å². The van der Waals surface area contributed by atoms with Crippen molar-refractivity contribution in [1.29, 1.82) is 0 Å². The number of aromatic amines is 1. The van der Waals surface area contributed by atoms with Crippen LogP contribution in [0.4, 0.5) is 10.8 Å². The number of nitrogens with one attached hydrogen (secondary N) is 5. The second-order valence-electron chi connectivity index (χ2n) is 17.3. The fourth-order valence-electron chi connectivity index (χ4n) is 8.96. The molecule has 2 aliphatic heterocycles. The number of hydrogen-bond donors (Lipinski definition) is 5. The van der Waals surface area contributed by atoms with E-state index in [1.165, 1.54) is 17.4 Å². The quantitative estimate of drug-likeness (QED) is 0.0838. The number of aromatic nitrogens is 3. The van der Waals surface area contributed by atoms with Crippen molar-refractivity contribution >= 4 is 65.8 Å². The van der Waals surface area contributed by atoms with E-state index in [-0.39, 0.29) is 29.3 Å². The summed E-state index contributed by atoms with van der Waals surface area (Å²) in [5, 5.41) is 14.3. The van der Waals surface area contributed by atoms with Crippen molar-refractivity contribution in [3.05, 3.63) is 102 Å². The lowest BCUT2D eigenvalue weighted by atomic mass is 10.1. The Bertz CT molecular complexity index is 2810. The molecule has 9 rings (SSSR count). The van der Waals surface area contributed by atoms with Gasteiger partial charge in [-0.2, -0.15) is 0 Å². The molecule has 6 aromatic rings. The maximum atomic E-state index is 15.0. The van der Waals surface area contributed by atoms with Gasteiger partial charge in [0, 0.05) is 71.6 Å². The summed E-state index contributed by atoms with van der Waals surface area (Å²) in [4.78, 5) is 44.8. The topological polar surface area (TPSA) is 180 Å². The zero-order chi connectivity index (χ0) is 44.6. The molecule has 1 aliphatic carbocycles. The fourth-order valence-corrected chi connectivity index (χ4v) is 11.0. The molecule has 5 heterocycles. The third kappa shape index (κ3) is 8.91. The second-order valence-corrected chi connectivity index (χ2v) is 19.8. The molecule has 3 aliphatic rings. The number of nitrogens with zero attached hydrogens (tertiary/aromatic N) is 3.